The Hall–Kier alpha value is -0.610. The molecular weight excluding hydrogens is 216 g/mol. The Morgan fingerprint density at radius 1 is 1.18 bits per heavy atom. The van der Waals surface area contributed by atoms with E-state index in [2.05, 4.69) is 0 Å². The van der Waals surface area contributed by atoms with E-state index in [0.717, 1.165) is 32.2 Å². The molecule has 0 fully saturated rings. The molecule has 0 bridgehead atoms. The molecule has 0 aliphatic rings. The summed E-state index contributed by atoms with van der Waals surface area (Å²) in [7, 11) is 0. The number of hydrogen-bond acceptors (Lipinski definition) is 3. The zero-order valence-corrected chi connectivity index (χ0v) is 11.3. The lowest BCUT2D eigenvalue weighted by molar-refractivity contribution is -0.133. The first-order chi connectivity index (χ1) is 8.13. The molecule has 0 rings (SSSR count). The van der Waals surface area contributed by atoms with Crippen LogP contribution < -0.4 is 5.73 Å². The fourth-order valence-electron chi connectivity index (χ4n) is 1.83. The van der Waals surface area contributed by atoms with Crippen molar-refractivity contribution in [2.75, 3.05) is 19.7 Å². The van der Waals surface area contributed by atoms with Crippen LogP contribution in [0.2, 0.25) is 0 Å². The molecule has 0 aliphatic heterocycles. The van der Waals surface area contributed by atoms with Crippen LogP contribution in [0.15, 0.2) is 0 Å². The lowest BCUT2D eigenvalue weighted by Crippen LogP contribution is -2.37. The predicted molar refractivity (Wildman–Crippen MR) is 70.7 cm³/mol. The molecule has 0 aliphatic carbocycles. The summed E-state index contributed by atoms with van der Waals surface area (Å²) in [4.78, 5) is 13.8. The molecule has 0 aromatic heterocycles. The van der Waals surface area contributed by atoms with Gasteiger partial charge in [-0.05, 0) is 39.7 Å². The zero-order valence-electron chi connectivity index (χ0n) is 11.3. The van der Waals surface area contributed by atoms with Crippen LogP contribution in [-0.2, 0) is 4.79 Å². The topological polar surface area (TPSA) is 66.6 Å². The number of carbonyl (C=O) groups excluding carboxylic acids is 1. The van der Waals surface area contributed by atoms with Crippen molar-refractivity contribution in [1.82, 2.24) is 4.90 Å². The maximum atomic E-state index is 11.9. The van der Waals surface area contributed by atoms with Gasteiger partial charge in [0.2, 0.25) is 5.91 Å². The predicted octanol–water partition coefficient (Wildman–Crippen LogP) is 1.51. The smallest absolute Gasteiger partial charge is 0.222 e. The Labute approximate surface area is 105 Å². The SMILES string of the molecule is CC(C)N(CCCO)C(=O)CCCCCCN. The van der Waals surface area contributed by atoms with E-state index in [1.54, 1.807) is 0 Å². The molecule has 17 heavy (non-hydrogen) atoms. The van der Waals surface area contributed by atoms with Crippen molar-refractivity contribution in [3.05, 3.63) is 0 Å². The molecule has 3 N–H and O–H groups in total. The summed E-state index contributed by atoms with van der Waals surface area (Å²) in [5.74, 6) is 0.209. The van der Waals surface area contributed by atoms with Crippen LogP contribution in [0.25, 0.3) is 0 Å². The second-order valence-corrected chi connectivity index (χ2v) is 4.71. The standard InChI is InChI=1S/C13H28N2O2/c1-12(2)15(10-7-11-16)13(17)8-5-3-4-6-9-14/h12,16H,3-11,14H2,1-2H3. The largest absolute Gasteiger partial charge is 0.396 e. The summed E-state index contributed by atoms with van der Waals surface area (Å²) in [5.41, 5.74) is 5.41. The summed E-state index contributed by atoms with van der Waals surface area (Å²) < 4.78 is 0. The van der Waals surface area contributed by atoms with Crippen LogP contribution in [-0.4, -0.2) is 41.7 Å². The highest BCUT2D eigenvalue weighted by Crippen LogP contribution is 2.08. The molecule has 0 spiro atoms. The van der Waals surface area contributed by atoms with Crippen LogP contribution in [0.3, 0.4) is 0 Å². The Morgan fingerprint density at radius 2 is 1.82 bits per heavy atom. The first-order valence-corrected chi connectivity index (χ1v) is 6.73. The molecule has 0 unspecified atom stereocenters. The minimum Gasteiger partial charge on any atom is -0.396 e. The molecule has 4 heteroatoms. The van der Waals surface area contributed by atoms with Gasteiger partial charge in [-0.3, -0.25) is 4.79 Å². The minimum atomic E-state index is 0.146. The number of nitrogens with zero attached hydrogens (tertiary/aromatic N) is 1. The summed E-state index contributed by atoms with van der Waals surface area (Å²) in [5, 5.41) is 8.80. The molecule has 4 nitrogen and oxygen atoms in total. The Bertz CT molecular complexity index is 196. The summed E-state index contributed by atoms with van der Waals surface area (Å²) in [6.07, 6.45) is 5.47. The van der Waals surface area contributed by atoms with Crippen molar-refractivity contribution in [1.29, 1.82) is 0 Å². The van der Waals surface area contributed by atoms with Crippen LogP contribution >= 0.6 is 0 Å². The van der Waals surface area contributed by atoms with E-state index in [-0.39, 0.29) is 18.6 Å². The average molecular weight is 244 g/mol. The normalized spacial score (nSPS) is 10.9. The van der Waals surface area contributed by atoms with Crippen LogP contribution in [0.4, 0.5) is 0 Å². The van der Waals surface area contributed by atoms with E-state index in [1.165, 1.54) is 0 Å². The number of aliphatic hydroxyl groups excluding tert-OH is 1. The Morgan fingerprint density at radius 3 is 2.35 bits per heavy atom. The van der Waals surface area contributed by atoms with Gasteiger partial charge in [-0.2, -0.15) is 0 Å². The number of unbranched alkanes of at least 4 members (excludes halogenated alkanes) is 3. The Balaban J connectivity index is 3.81. The van der Waals surface area contributed by atoms with Crippen molar-refractivity contribution in [2.24, 2.45) is 5.73 Å². The minimum absolute atomic E-state index is 0.146. The summed E-state index contributed by atoms with van der Waals surface area (Å²) in [6, 6.07) is 0.220. The monoisotopic (exact) mass is 244 g/mol. The van der Waals surface area contributed by atoms with E-state index in [0.29, 0.717) is 19.4 Å². The molecule has 0 heterocycles. The van der Waals surface area contributed by atoms with Gasteiger partial charge in [-0.1, -0.05) is 12.8 Å². The van der Waals surface area contributed by atoms with E-state index in [9.17, 15) is 4.79 Å². The van der Waals surface area contributed by atoms with Crippen molar-refractivity contribution in [3.63, 3.8) is 0 Å². The third-order valence-electron chi connectivity index (χ3n) is 2.85. The molecule has 0 aromatic carbocycles. The first-order valence-electron chi connectivity index (χ1n) is 6.73. The molecule has 0 saturated carbocycles. The van der Waals surface area contributed by atoms with Crippen molar-refractivity contribution >= 4 is 5.91 Å². The molecule has 0 aromatic rings. The van der Waals surface area contributed by atoms with Crippen LogP contribution in [0.5, 0.6) is 0 Å². The average Bonchev–Trinajstić information content (AvgIpc) is 2.29. The van der Waals surface area contributed by atoms with Gasteiger partial charge < -0.3 is 15.7 Å². The zero-order chi connectivity index (χ0) is 13.1. The molecule has 0 saturated heterocycles. The molecule has 102 valence electrons. The number of aliphatic hydroxyl groups is 1. The van der Waals surface area contributed by atoms with Crippen LogP contribution in [0, 0.1) is 0 Å². The second kappa shape index (κ2) is 10.5. The van der Waals surface area contributed by atoms with Gasteiger partial charge in [0.05, 0.1) is 0 Å². The van der Waals surface area contributed by atoms with E-state index >= 15 is 0 Å². The number of rotatable bonds is 10. The molecule has 0 radical (unpaired) electrons. The molecule has 1 amide bonds. The van der Waals surface area contributed by atoms with Gasteiger partial charge in [0.15, 0.2) is 0 Å². The van der Waals surface area contributed by atoms with Gasteiger partial charge in [0, 0.05) is 25.6 Å². The summed E-state index contributed by atoms with van der Waals surface area (Å²) in [6.45, 7) is 5.58. The van der Waals surface area contributed by atoms with Crippen LogP contribution in [0.1, 0.15) is 52.4 Å². The van der Waals surface area contributed by atoms with E-state index < -0.39 is 0 Å². The molecular formula is C13H28N2O2. The van der Waals surface area contributed by atoms with Gasteiger partial charge in [0.25, 0.3) is 0 Å². The third kappa shape index (κ3) is 8.16. The quantitative estimate of drug-likeness (QED) is 0.573. The third-order valence-corrected chi connectivity index (χ3v) is 2.85. The van der Waals surface area contributed by atoms with E-state index in [4.69, 9.17) is 10.8 Å². The number of hydrogen-bond donors (Lipinski definition) is 2. The van der Waals surface area contributed by atoms with Gasteiger partial charge in [-0.15, -0.1) is 0 Å². The second-order valence-electron chi connectivity index (χ2n) is 4.71. The van der Waals surface area contributed by atoms with E-state index in [1.807, 2.05) is 18.7 Å². The fourth-order valence-corrected chi connectivity index (χ4v) is 1.83. The number of carbonyl (C=O) groups is 1. The highest BCUT2D eigenvalue weighted by molar-refractivity contribution is 5.76. The van der Waals surface area contributed by atoms with Gasteiger partial charge >= 0.3 is 0 Å². The van der Waals surface area contributed by atoms with Crippen molar-refractivity contribution < 1.29 is 9.90 Å². The highest BCUT2D eigenvalue weighted by Gasteiger charge is 2.15. The number of nitrogens with two attached hydrogens (primary N) is 1. The van der Waals surface area contributed by atoms with Crippen molar-refractivity contribution in [3.8, 4) is 0 Å². The first kappa shape index (κ1) is 16.4. The number of amides is 1. The lowest BCUT2D eigenvalue weighted by atomic mass is 10.1. The maximum Gasteiger partial charge on any atom is 0.222 e. The lowest BCUT2D eigenvalue weighted by Gasteiger charge is -2.26. The highest BCUT2D eigenvalue weighted by atomic mass is 16.3. The van der Waals surface area contributed by atoms with Gasteiger partial charge in [0.1, 0.15) is 0 Å². The summed E-state index contributed by atoms with van der Waals surface area (Å²) >= 11 is 0. The Kier molecular flexibility index (Phi) is 10.2. The van der Waals surface area contributed by atoms with Gasteiger partial charge in [-0.25, -0.2) is 0 Å². The molecule has 0 atom stereocenters. The van der Waals surface area contributed by atoms with Crippen molar-refractivity contribution in [2.45, 2.75) is 58.4 Å². The fraction of sp³-hybridized carbons (Fsp3) is 0.923. The maximum absolute atomic E-state index is 11.9.